The lowest BCUT2D eigenvalue weighted by atomic mass is 10.1. The summed E-state index contributed by atoms with van der Waals surface area (Å²) < 4.78 is 13.5. The van der Waals surface area contributed by atoms with Gasteiger partial charge in [-0.1, -0.05) is 12.1 Å². The molecule has 0 radical (unpaired) electrons. The maximum absolute atomic E-state index is 13.5. The zero-order valence-electron chi connectivity index (χ0n) is 11.1. The topological polar surface area (TPSA) is 63.1 Å². The Bertz CT molecular complexity index is 689. The summed E-state index contributed by atoms with van der Waals surface area (Å²) in [5.41, 5.74) is 0.791. The molecule has 0 unspecified atom stereocenters. The summed E-state index contributed by atoms with van der Waals surface area (Å²) in [4.78, 5) is 20.1. The Balaban J connectivity index is 1.78. The molecule has 1 heterocycles. The summed E-state index contributed by atoms with van der Waals surface area (Å²) in [7, 11) is 0. The molecule has 1 aliphatic carbocycles. The molecule has 1 aliphatic rings. The first kappa shape index (κ1) is 14.0. The predicted octanol–water partition coefficient (Wildman–Crippen LogP) is 3.48. The van der Waals surface area contributed by atoms with Crippen LogP contribution in [0, 0.1) is 5.82 Å². The number of thioether (sulfide) groups is 1. The summed E-state index contributed by atoms with van der Waals surface area (Å²) in [6.07, 6.45) is 3.30. The van der Waals surface area contributed by atoms with E-state index in [2.05, 4.69) is 9.97 Å². The average molecular weight is 304 g/mol. The number of carboxylic acids is 1. The molecule has 1 saturated carbocycles. The van der Waals surface area contributed by atoms with Gasteiger partial charge in [0.25, 0.3) is 0 Å². The molecule has 1 N–H and O–H groups in total. The minimum absolute atomic E-state index is 0.178. The third kappa shape index (κ3) is 3.21. The Morgan fingerprint density at radius 1 is 1.38 bits per heavy atom. The van der Waals surface area contributed by atoms with Crippen LogP contribution in [0.5, 0.6) is 0 Å². The second-order valence-corrected chi connectivity index (χ2v) is 5.90. The Hall–Kier alpha value is -1.95. The molecule has 0 atom stereocenters. The molecule has 2 aromatic rings. The van der Waals surface area contributed by atoms with Gasteiger partial charge in [-0.05, 0) is 25.0 Å². The van der Waals surface area contributed by atoms with Crippen LogP contribution in [-0.2, 0) is 5.75 Å². The number of nitrogens with zero attached hydrogens (tertiary/aromatic N) is 2. The van der Waals surface area contributed by atoms with E-state index in [1.54, 1.807) is 18.2 Å². The number of hydrogen-bond acceptors (Lipinski definition) is 4. The Morgan fingerprint density at radius 2 is 2.14 bits per heavy atom. The van der Waals surface area contributed by atoms with Gasteiger partial charge in [-0.2, -0.15) is 0 Å². The summed E-state index contributed by atoms with van der Waals surface area (Å²) in [6, 6.07) is 6.53. The SMILES string of the molecule is O=C(O)c1cnc(CSc2ccccc2F)nc1C1CC1. The van der Waals surface area contributed by atoms with E-state index in [9.17, 15) is 9.18 Å². The van der Waals surface area contributed by atoms with E-state index in [0.717, 1.165) is 12.8 Å². The van der Waals surface area contributed by atoms with Gasteiger partial charge in [0, 0.05) is 17.0 Å². The van der Waals surface area contributed by atoms with Crippen molar-refractivity contribution in [3.05, 3.63) is 53.4 Å². The summed E-state index contributed by atoms with van der Waals surface area (Å²) in [6.45, 7) is 0. The second kappa shape index (κ2) is 5.81. The first-order valence-corrected chi connectivity index (χ1v) is 7.60. The largest absolute Gasteiger partial charge is 0.478 e. The molecule has 1 fully saturated rings. The lowest BCUT2D eigenvalue weighted by Crippen LogP contribution is -2.07. The van der Waals surface area contributed by atoms with Gasteiger partial charge >= 0.3 is 5.97 Å². The molecule has 6 heteroatoms. The van der Waals surface area contributed by atoms with Gasteiger partial charge in [0.2, 0.25) is 0 Å². The van der Waals surface area contributed by atoms with Crippen molar-refractivity contribution >= 4 is 17.7 Å². The van der Waals surface area contributed by atoms with Crippen molar-refractivity contribution in [3.8, 4) is 0 Å². The number of halogens is 1. The van der Waals surface area contributed by atoms with E-state index in [1.807, 2.05) is 0 Å². The smallest absolute Gasteiger partial charge is 0.339 e. The van der Waals surface area contributed by atoms with Crippen LogP contribution in [0.15, 0.2) is 35.4 Å². The van der Waals surface area contributed by atoms with Crippen molar-refractivity contribution in [2.75, 3.05) is 0 Å². The number of aromatic carboxylic acids is 1. The number of aromatic nitrogens is 2. The zero-order chi connectivity index (χ0) is 14.8. The monoisotopic (exact) mass is 304 g/mol. The van der Waals surface area contributed by atoms with Crippen molar-refractivity contribution < 1.29 is 14.3 Å². The number of rotatable bonds is 5. The van der Waals surface area contributed by atoms with Crippen molar-refractivity contribution in [1.29, 1.82) is 0 Å². The molecule has 4 nitrogen and oxygen atoms in total. The molecule has 108 valence electrons. The van der Waals surface area contributed by atoms with Gasteiger partial charge in [0.1, 0.15) is 11.6 Å². The molecule has 0 bridgehead atoms. The molecule has 1 aromatic carbocycles. The van der Waals surface area contributed by atoms with E-state index in [0.29, 0.717) is 22.2 Å². The Kier molecular flexibility index (Phi) is 3.88. The lowest BCUT2D eigenvalue weighted by Gasteiger charge is -2.07. The maximum Gasteiger partial charge on any atom is 0.339 e. The average Bonchev–Trinajstić information content (AvgIpc) is 3.30. The quantitative estimate of drug-likeness (QED) is 0.857. The van der Waals surface area contributed by atoms with Crippen LogP contribution >= 0.6 is 11.8 Å². The maximum atomic E-state index is 13.5. The highest BCUT2D eigenvalue weighted by Gasteiger charge is 2.30. The molecular weight excluding hydrogens is 291 g/mol. The standard InChI is InChI=1S/C15H13FN2O2S/c16-11-3-1-2-4-12(11)21-8-13-17-7-10(15(19)20)14(18-13)9-5-6-9/h1-4,7,9H,5-6,8H2,(H,19,20). The fourth-order valence-corrected chi connectivity index (χ4v) is 2.84. The first-order valence-electron chi connectivity index (χ1n) is 6.61. The Labute approximate surface area is 125 Å². The molecular formula is C15H13FN2O2S. The first-order chi connectivity index (χ1) is 10.1. The highest BCUT2D eigenvalue weighted by molar-refractivity contribution is 7.98. The van der Waals surface area contributed by atoms with E-state index < -0.39 is 5.97 Å². The molecule has 3 rings (SSSR count). The predicted molar refractivity (Wildman–Crippen MR) is 76.9 cm³/mol. The summed E-state index contributed by atoms with van der Waals surface area (Å²) in [5.74, 6) is -0.0793. The van der Waals surface area contributed by atoms with Crippen LogP contribution in [0.3, 0.4) is 0 Å². The van der Waals surface area contributed by atoms with Crippen LogP contribution < -0.4 is 0 Å². The number of benzene rings is 1. The third-order valence-corrected chi connectivity index (χ3v) is 4.30. The van der Waals surface area contributed by atoms with Crippen molar-refractivity contribution in [3.63, 3.8) is 0 Å². The van der Waals surface area contributed by atoms with Gasteiger partial charge < -0.3 is 5.11 Å². The fourth-order valence-electron chi connectivity index (χ4n) is 2.04. The van der Waals surface area contributed by atoms with E-state index in [1.165, 1.54) is 24.0 Å². The van der Waals surface area contributed by atoms with E-state index in [4.69, 9.17) is 5.11 Å². The summed E-state index contributed by atoms with van der Waals surface area (Å²) in [5, 5.41) is 9.14. The highest BCUT2D eigenvalue weighted by Crippen LogP contribution is 2.40. The van der Waals surface area contributed by atoms with E-state index >= 15 is 0 Å². The molecule has 0 spiro atoms. The van der Waals surface area contributed by atoms with Crippen LogP contribution in [0.25, 0.3) is 0 Å². The molecule has 21 heavy (non-hydrogen) atoms. The van der Waals surface area contributed by atoms with Crippen LogP contribution in [0.2, 0.25) is 0 Å². The van der Waals surface area contributed by atoms with Gasteiger partial charge in [-0.15, -0.1) is 11.8 Å². The zero-order valence-corrected chi connectivity index (χ0v) is 11.9. The number of carbonyl (C=O) groups is 1. The third-order valence-electron chi connectivity index (χ3n) is 3.26. The Morgan fingerprint density at radius 3 is 2.81 bits per heavy atom. The van der Waals surface area contributed by atoms with Crippen molar-refractivity contribution in [2.45, 2.75) is 29.4 Å². The molecule has 0 aliphatic heterocycles. The van der Waals surface area contributed by atoms with Gasteiger partial charge in [-0.3, -0.25) is 0 Å². The molecule has 0 saturated heterocycles. The van der Waals surface area contributed by atoms with Gasteiger partial charge in [-0.25, -0.2) is 19.2 Å². The highest BCUT2D eigenvalue weighted by atomic mass is 32.2. The van der Waals surface area contributed by atoms with Crippen LogP contribution in [0.4, 0.5) is 4.39 Å². The summed E-state index contributed by atoms with van der Waals surface area (Å²) >= 11 is 1.31. The fraction of sp³-hybridized carbons (Fsp3) is 0.267. The minimum atomic E-state index is -0.995. The van der Waals surface area contributed by atoms with E-state index in [-0.39, 0.29) is 17.3 Å². The van der Waals surface area contributed by atoms with Gasteiger partial charge in [0.05, 0.1) is 17.0 Å². The molecule has 0 amide bonds. The molecule has 1 aromatic heterocycles. The van der Waals surface area contributed by atoms with Crippen molar-refractivity contribution in [1.82, 2.24) is 9.97 Å². The second-order valence-electron chi connectivity index (χ2n) is 4.88. The number of hydrogen-bond donors (Lipinski definition) is 1. The van der Waals surface area contributed by atoms with Crippen LogP contribution in [0.1, 0.15) is 40.6 Å². The minimum Gasteiger partial charge on any atom is -0.478 e. The van der Waals surface area contributed by atoms with Gasteiger partial charge in [0.15, 0.2) is 0 Å². The van der Waals surface area contributed by atoms with Crippen molar-refractivity contribution in [2.24, 2.45) is 0 Å². The lowest BCUT2D eigenvalue weighted by molar-refractivity contribution is 0.0694. The normalized spacial score (nSPS) is 14.1. The van der Waals surface area contributed by atoms with Crippen LogP contribution in [-0.4, -0.2) is 21.0 Å². The number of carboxylic acid groups (broad SMARTS) is 1.